The van der Waals surface area contributed by atoms with Crippen LogP contribution in [0.5, 0.6) is 0 Å². The Morgan fingerprint density at radius 1 is 1.22 bits per heavy atom. The standard InChI is InChI=1S/C17H25N5O/c1-17(2,3)15-20-21-16(23-15)19-13-7-10-22(11-8-13)12-14-6-4-5-9-18-14/h4-6,9,13H,7-8,10-12H2,1-3H3,(H,19,21). The van der Waals surface area contributed by atoms with E-state index in [1.54, 1.807) is 0 Å². The molecular weight excluding hydrogens is 290 g/mol. The van der Waals surface area contributed by atoms with Gasteiger partial charge in [0.05, 0.1) is 5.69 Å². The van der Waals surface area contributed by atoms with Crippen molar-refractivity contribution in [3.05, 3.63) is 36.0 Å². The van der Waals surface area contributed by atoms with Gasteiger partial charge in [-0.05, 0) is 25.0 Å². The fraction of sp³-hybridized carbons (Fsp3) is 0.588. The van der Waals surface area contributed by atoms with Gasteiger partial charge in [-0.2, -0.15) is 0 Å². The second-order valence-electron chi connectivity index (χ2n) is 7.18. The lowest BCUT2D eigenvalue weighted by Gasteiger charge is -2.31. The zero-order valence-corrected chi connectivity index (χ0v) is 14.1. The molecule has 2 aromatic rings. The molecule has 1 aliphatic rings. The van der Waals surface area contributed by atoms with Crippen molar-refractivity contribution in [1.82, 2.24) is 20.1 Å². The third-order valence-corrected chi connectivity index (χ3v) is 4.09. The van der Waals surface area contributed by atoms with Crippen LogP contribution in [0.4, 0.5) is 6.01 Å². The first-order valence-corrected chi connectivity index (χ1v) is 8.23. The maximum atomic E-state index is 5.72. The van der Waals surface area contributed by atoms with Gasteiger partial charge in [-0.1, -0.05) is 31.9 Å². The molecule has 1 saturated heterocycles. The summed E-state index contributed by atoms with van der Waals surface area (Å²) in [5, 5.41) is 11.6. The van der Waals surface area contributed by atoms with Gasteiger partial charge < -0.3 is 9.73 Å². The van der Waals surface area contributed by atoms with Crippen molar-refractivity contribution in [2.45, 2.75) is 51.6 Å². The Balaban J connectivity index is 1.48. The molecule has 0 spiro atoms. The Bertz CT molecular complexity index is 611. The molecule has 0 atom stereocenters. The number of aromatic nitrogens is 3. The number of anilines is 1. The number of nitrogens with one attached hydrogen (secondary N) is 1. The minimum Gasteiger partial charge on any atom is -0.408 e. The number of piperidine rings is 1. The highest BCUT2D eigenvalue weighted by atomic mass is 16.4. The van der Waals surface area contributed by atoms with E-state index >= 15 is 0 Å². The van der Waals surface area contributed by atoms with Crippen molar-refractivity contribution in [3.8, 4) is 0 Å². The summed E-state index contributed by atoms with van der Waals surface area (Å²) in [6, 6.07) is 7.01. The molecular formula is C17H25N5O. The van der Waals surface area contributed by atoms with E-state index in [0.717, 1.165) is 38.2 Å². The molecule has 124 valence electrons. The van der Waals surface area contributed by atoms with E-state index in [4.69, 9.17) is 4.42 Å². The number of pyridine rings is 1. The van der Waals surface area contributed by atoms with Gasteiger partial charge in [-0.15, -0.1) is 5.10 Å². The largest absolute Gasteiger partial charge is 0.408 e. The predicted octanol–water partition coefficient (Wildman–Crippen LogP) is 2.84. The number of nitrogens with zero attached hydrogens (tertiary/aromatic N) is 4. The Labute approximate surface area is 137 Å². The van der Waals surface area contributed by atoms with Crippen LogP contribution in [0, 0.1) is 0 Å². The average molecular weight is 315 g/mol. The van der Waals surface area contributed by atoms with Crippen LogP contribution in [0.25, 0.3) is 0 Å². The van der Waals surface area contributed by atoms with Gasteiger partial charge in [-0.3, -0.25) is 9.88 Å². The summed E-state index contributed by atoms with van der Waals surface area (Å²) < 4.78 is 5.72. The summed E-state index contributed by atoms with van der Waals surface area (Å²) >= 11 is 0. The van der Waals surface area contributed by atoms with E-state index in [1.165, 1.54) is 0 Å². The van der Waals surface area contributed by atoms with E-state index in [1.807, 2.05) is 18.3 Å². The summed E-state index contributed by atoms with van der Waals surface area (Å²) in [4.78, 5) is 6.83. The second kappa shape index (κ2) is 6.66. The summed E-state index contributed by atoms with van der Waals surface area (Å²) in [6.45, 7) is 9.23. The molecule has 0 bridgehead atoms. The molecule has 0 aromatic carbocycles. The SMILES string of the molecule is CC(C)(C)c1nnc(NC2CCN(Cc3ccccn3)CC2)o1. The van der Waals surface area contributed by atoms with E-state index in [9.17, 15) is 0 Å². The molecule has 0 radical (unpaired) electrons. The lowest BCUT2D eigenvalue weighted by atomic mass is 9.97. The molecule has 0 amide bonds. The Kier molecular flexibility index (Phi) is 4.61. The molecule has 2 aromatic heterocycles. The van der Waals surface area contributed by atoms with Crippen molar-refractivity contribution >= 4 is 6.01 Å². The Morgan fingerprint density at radius 3 is 2.61 bits per heavy atom. The van der Waals surface area contributed by atoms with Gasteiger partial charge in [-0.25, -0.2) is 0 Å². The van der Waals surface area contributed by atoms with E-state index in [2.05, 4.69) is 52.2 Å². The van der Waals surface area contributed by atoms with Crippen LogP contribution in [0.1, 0.15) is 45.2 Å². The molecule has 1 fully saturated rings. The van der Waals surface area contributed by atoms with Crippen LogP contribution >= 0.6 is 0 Å². The molecule has 6 nitrogen and oxygen atoms in total. The van der Waals surface area contributed by atoms with Gasteiger partial charge in [0, 0.05) is 37.3 Å². The van der Waals surface area contributed by atoms with Crippen LogP contribution in [-0.4, -0.2) is 39.2 Å². The van der Waals surface area contributed by atoms with Gasteiger partial charge in [0.2, 0.25) is 5.89 Å². The first-order chi connectivity index (χ1) is 11.0. The van der Waals surface area contributed by atoms with E-state index in [-0.39, 0.29) is 5.41 Å². The third kappa shape index (κ3) is 4.28. The molecule has 6 heteroatoms. The molecule has 0 unspecified atom stereocenters. The minimum atomic E-state index is -0.112. The predicted molar refractivity (Wildman–Crippen MR) is 89.2 cm³/mol. The molecule has 1 N–H and O–H groups in total. The Morgan fingerprint density at radius 2 is 2.00 bits per heavy atom. The molecule has 0 saturated carbocycles. The number of hydrogen-bond donors (Lipinski definition) is 1. The monoisotopic (exact) mass is 315 g/mol. The van der Waals surface area contributed by atoms with Gasteiger partial charge in [0.25, 0.3) is 0 Å². The summed E-state index contributed by atoms with van der Waals surface area (Å²) in [5.74, 6) is 0.674. The highest BCUT2D eigenvalue weighted by Crippen LogP contribution is 2.23. The zero-order chi connectivity index (χ0) is 16.3. The van der Waals surface area contributed by atoms with Gasteiger partial charge in [0.15, 0.2) is 0 Å². The van der Waals surface area contributed by atoms with Gasteiger partial charge in [0.1, 0.15) is 0 Å². The van der Waals surface area contributed by atoms with Crippen LogP contribution in [0.2, 0.25) is 0 Å². The number of hydrogen-bond acceptors (Lipinski definition) is 6. The summed E-state index contributed by atoms with van der Waals surface area (Å²) in [6.07, 6.45) is 3.99. The quantitative estimate of drug-likeness (QED) is 0.936. The normalized spacial score (nSPS) is 17.3. The van der Waals surface area contributed by atoms with Crippen LogP contribution < -0.4 is 5.32 Å². The average Bonchev–Trinajstić information content (AvgIpc) is 2.99. The fourth-order valence-corrected chi connectivity index (χ4v) is 2.72. The molecule has 0 aliphatic carbocycles. The molecule has 23 heavy (non-hydrogen) atoms. The van der Waals surface area contributed by atoms with Crippen LogP contribution in [0.3, 0.4) is 0 Å². The van der Waals surface area contributed by atoms with Crippen molar-refractivity contribution in [2.24, 2.45) is 0 Å². The molecule has 3 rings (SSSR count). The maximum Gasteiger partial charge on any atom is 0.315 e. The third-order valence-electron chi connectivity index (χ3n) is 4.09. The van der Waals surface area contributed by atoms with Gasteiger partial charge >= 0.3 is 6.01 Å². The second-order valence-corrected chi connectivity index (χ2v) is 7.18. The molecule has 1 aliphatic heterocycles. The number of rotatable bonds is 4. The van der Waals surface area contributed by atoms with Crippen molar-refractivity contribution in [1.29, 1.82) is 0 Å². The minimum absolute atomic E-state index is 0.112. The smallest absolute Gasteiger partial charge is 0.315 e. The van der Waals surface area contributed by atoms with Crippen molar-refractivity contribution in [3.63, 3.8) is 0 Å². The Hall–Kier alpha value is -1.95. The lowest BCUT2D eigenvalue weighted by molar-refractivity contribution is 0.208. The van der Waals surface area contributed by atoms with Crippen LogP contribution in [0.15, 0.2) is 28.8 Å². The number of likely N-dealkylation sites (tertiary alicyclic amines) is 1. The summed E-state index contributed by atoms with van der Waals surface area (Å²) in [5.41, 5.74) is 1.02. The summed E-state index contributed by atoms with van der Waals surface area (Å²) in [7, 11) is 0. The first kappa shape index (κ1) is 15.9. The highest BCUT2D eigenvalue weighted by Gasteiger charge is 2.24. The fourth-order valence-electron chi connectivity index (χ4n) is 2.72. The maximum absolute atomic E-state index is 5.72. The highest BCUT2D eigenvalue weighted by molar-refractivity contribution is 5.21. The van der Waals surface area contributed by atoms with E-state index < -0.39 is 0 Å². The lowest BCUT2D eigenvalue weighted by Crippen LogP contribution is -2.38. The van der Waals surface area contributed by atoms with Crippen molar-refractivity contribution in [2.75, 3.05) is 18.4 Å². The zero-order valence-electron chi connectivity index (χ0n) is 14.1. The topological polar surface area (TPSA) is 67.1 Å². The molecule has 3 heterocycles. The first-order valence-electron chi connectivity index (χ1n) is 8.23. The van der Waals surface area contributed by atoms with Crippen molar-refractivity contribution < 1.29 is 4.42 Å². The van der Waals surface area contributed by atoms with E-state index in [0.29, 0.717) is 17.9 Å². The van der Waals surface area contributed by atoms with Crippen LogP contribution in [-0.2, 0) is 12.0 Å².